The van der Waals surface area contributed by atoms with Crippen molar-refractivity contribution in [3.63, 3.8) is 0 Å². The van der Waals surface area contributed by atoms with E-state index in [4.69, 9.17) is 0 Å². The molecule has 0 saturated heterocycles. The Hall–Kier alpha value is -1.77. The minimum Gasteiger partial charge on any atom is -0.356 e. The van der Waals surface area contributed by atoms with Crippen molar-refractivity contribution in [3.8, 4) is 0 Å². The molecule has 0 atom stereocenters. The molecule has 96 valence electrons. The molecule has 0 fully saturated rings. The molecule has 1 N–H and O–H groups in total. The summed E-state index contributed by atoms with van der Waals surface area (Å²) in [6.45, 7) is 5.28. The van der Waals surface area contributed by atoms with Crippen LogP contribution in [0.3, 0.4) is 0 Å². The van der Waals surface area contributed by atoms with Gasteiger partial charge >= 0.3 is 0 Å². The highest BCUT2D eigenvalue weighted by Crippen LogP contribution is 2.12. The van der Waals surface area contributed by atoms with Crippen LogP contribution in [0.2, 0.25) is 0 Å². The van der Waals surface area contributed by atoms with Crippen LogP contribution in [0.4, 0.5) is 5.95 Å². The number of hydrogen-bond donors (Lipinski definition) is 1. The van der Waals surface area contributed by atoms with Gasteiger partial charge in [0, 0.05) is 25.0 Å². The fourth-order valence-electron chi connectivity index (χ4n) is 2.00. The number of nitrogens with zero attached hydrogens (tertiary/aromatic N) is 2. The Morgan fingerprint density at radius 3 is 2.72 bits per heavy atom. The number of anilines is 1. The Kier molecular flexibility index (Phi) is 4.40. The van der Waals surface area contributed by atoms with Gasteiger partial charge in [0.1, 0.15) is 0 Å². The first-order valence-electron chi connectivity index (χ1n) is 6.58. The lowest BCUT2D eigenvalue weighted by atomic mass is 10.1. The molecule has 2 rings (SSSR count). The van der Waals surface area contributed by atoms with Crippen molar-refractivity contribution < 1.29 is 0 Å². The molecule has 0 radical (unpaired) electrons. The second-order valence-electron chi connectivity index (χ2n) is 4.77. The highest BCUT2D eigenvalue weighted by Gasteiger charge is 2.04. The molecule has 3 heteroatoms. The van der Waals surface area contributed by atoms with Crippen LogP contribution in [0.25, 0.3) is 0 Å². The summed E-state index contributed by atoms with van der Waals surface area (Å²) in [5.74, 6) is 0.970. The highest BCUT2D eigenvalue weighted by molar-refractivity contribution is 5.26. The maximum atomic E-state index is 4.33. The maximum Gasteiger partial charge on any atom is 0.203 e. The first-order chi connectivity index (χ1) is 8.77. The topological polar surface area (TPSA) is 29.9 Å². The average molecular weight is 243 g/mol. The molecule has 0 unspecified atom stereocenters. The monoisotopic (exact) mass is 243 g/mol. The van der Waals surface area contributed by atoms with E-state index < -0.39 is 0 Å². The van der Waals surface area contributed by atoms with Crippen molar-refractivity contribution in [2.24, 2.45) is 0 Å². The number of nitrogens with one attached hydrogen (secondary N) is 1. The molecule has 0 aliphatic rings. The molecule has 0 amide bonds. The molecular formula is C15H21N3. The van der Waals surface area contributed by atoms with Crippen LogP contribution in [0, 0.1) is 0 Å². The second-order valence-corrected chi connectivity index (χ2v) is 4.77. The van der Waals surface area contributed by atoms with E-state index in [1.807, 2.05) is 12.4 Å². The van der Waals surface area contributed by atoms with Crippen molar-refractivity contribution in [2.75, 3.05) is 11.9 Å². The van der Waals surface area contributed by atoms with Gasteiger partial charge in [-0.3, -0.25) is 0 Å². The van der Waals surface area contributed by atoms with Crippen molar-refractivity contribution in [1.29, 1.82) is 0 Å². The number of aryl methyl sites for hydroxylation is 1. The smallest absolute Gasteiger partial charge is 0.203 e. The Morgan fingerprint density at radius 2 is 2.00 bits per heavy atom. The Bertz CT molecular complexity index is 460. The third-order valence-corrected chi connectivity index (χ3v) is 2.99. The zero-order valence-corrected chi connectivity index (χ0v) is 11.1. The summed E-state index contributed by atoms with van der Waals surface area (Å²) >= 11 is 0. The molecule has 3 nitrogen and oxygen atoms in total. The van der Waals surface area contributed by atoms with Gasteiger partial charge in [-0.05, 0) is 32.3 Å². The Labute approximate surface area is 109 Å². The quantitative estimate of drug-likeness (QED) is 0.787. The lowest BCUT2D eigenvalue weighted by Crippen LogP contribution is -2.10. The molecular weight excluding hydrogens is 222 g/mol. The molecule has 1 aromatic heterocycles. The van der Waals surface area contributed by atoms with Gasteiger partial charge in [0.25, 0.3) is 0 Å². The van der Waals surface area contributed by atoms with E-state index in [1.54, 1.807) is 0 Å². The van der Waals surface area contributed by atoms with Gasteiger partial charge in [-0.15, -0.1) is 0 Å². The molecule has 0 saturated carbocycles. The van der Waals surface area contributed by atoms with E-state index in [9.17, 15) is 0 Å². The van der Waals surface area contributed by atoms with Gasteiger partial charge in [-0.2, -0.15) is 0 Å². The number of benzene rings is 1. The zero-order valence-electron chi connectivity index (χ0n) is 11.1. The van der Waals surface area contributed by atoms with E-state index in [2.05, 4.69) is 59.0 Å². The second kappa shape index (κ2) is 6.24. The maximum absolute atomic E-state index is 4.33. The van der Waals surface area contributed by atoms with Crippen molar-refractivity contribution in [1.82, 2.24) is 9.55 Å². The number of imidazole rings is 1. The van der Waals surface area contributed by atoms with Crippen molar-refractivity contribution in [3.05, 3.63) is 48.3 Å². The number of aromatic nitrogens is 2. The molecule has 1 heterocycles. The SMILES string of the molecule is CC(C)n1ccnc1NCCCc1ccccc1. The van der Waals surface area contributed by atoms with Crippen LogP contribution in [-0.4, -0.2) is 16.1 Å². The van der Waals surface area contributed by atoms with Crippen LogP contribution >= 0.6 is 0 Å². The first kappa shape index (κ1) is 12.7. The number of hydrogen-bond acceptors (Lipinski definition) is 2. The molecule has 0 aliphatic heterocycles. The van der Waals surface area contributed by atoms with Crippen LogP contribution < -0.4 is 5.32 Å². The minimum absolute atomic E-state index is 0.448. The van der Waals surface area contributed by atoms with E-state index in [-0.39, 0.29) is 0 Å². The summed E-state index contributed by atoms with van der Waals surface area (Å²) in [7, 11) is 0. The van der Waals surface area contributed by atoms with Gasteiger partial charge in [0.15, 0.2) is 0 Å². The van der Waals surface area contributed by atoms with Crippen LogP contribution in [0.15, 0.2) is 42.7 Å². The normalized spacial score (nSPS) is 10.8. The molecule has 1 aromatic carbocycles. The third-order valence-electron chi connectivity index (χ3n) is 2.99. The van der Waals surface area contributed by atoms with E-state index >= 15 is 0 Å². The predicted molar refractivity (Wildman–Crippen MR) is 75.9 cm³/mol. The molecule has 0 spiro atoms. The van der Waals surface area contributed by atoms with Crippen molar-refractivity contribution >= 4 is 5.95 Å². The Balaban J connectivity index is 1.77. The van der Waals surface area contributed by atoms with Gasteiger partial charge in [0.2, 0.25) is 5.95 Å². The zero-order chi connectivity index (χ0) is 12.8. The van der Waals surface area contributed by atoms with Crippen LogP contribution in [0.5, 0.6) is 0 Å². The lowest BCUT2D eigenvalue weighted by Gasteiger charge is -2.12. The summed E-state index contributed by atoms with van der Waals surface area (Å²) in [5, 5.41) is 3.40. The van der Waals surface area contributed by atoms with Crippen molar-refractivity contribution in [2.45, 2.75) is 32.7 Å². The fourth-order valence-corrected chi connectivity index (χ4v) is 2.00. The summed E-state index contributed by atoms with van der Waals surface area (Å²) in [6, 6.07) is 11.0. The fraction of sp³-hybridized carbons (Fsp3) is 0.400. The summed E-state index contributed by atoms with van der Waals surface area (Å²) in [4.78, 5) is 4.33. The summed E-state index contributed by atoms with van der Waals surface area (Å²) < 4.78 is 2.16. The largest absolute Gasteiger partial charge is 0.356 e. The molecule has 2 aromatic rings. The average Bonchev–Trinajstić information content (AvgIpc) is 2.84. The number of rotatable bonds is 6. The third kappa shape index (κ3) is 3.36. The summed E-state index contributed by atoms with van der Waals surface area (Å²) in [6.07, 6.45) is 6.09. The van der Waals surface area contributed by atoms with E-state index in [0.717, 1.165) is 25.3 Å². The standard InChI is InChI=1S/C15H21N3/c1-13(2)18-12-11-17-15(18)16-10-6-9-14-7-4-3-5-8-14/h3-5,7-8,11-13H,6,9-10H2,1-2H3,(H,16,17). The van der Waals surface area contributed by atoms with Gasteiger partial charge in [0.05, 0.1) is 0 Å². The summed E-state index contributed by atoms with van der Waals surface area (Å²) in [5.41, 5.74) is 1.39. The van der Waals surface area contributed by atoms with Crippen LogP contribution in [0.1, 0.15) is 31.9 Å². The minimum atomic E-state index is 0.448. The highest BCUT2D eigenvalue weighted by atomic mass is 15.2. The molecule has 0 bridgehead atoms. The van der Waals surface area contributed by atoms with Gasteiger partial charge < -0.3 is 9.88 Å². The molecule has 0 aliphatic carbocycles. The van der Waals surface area contributed by atoms with E-state index in [1.165, 1.54) is 5.56 Å². The lowest BCUT2D eigenvalue weighted by molar-refractivity contribution is 0.604. The van der Waals surface area contributed by atoms with Crippen LogP contribution in [-0.2, 0) is 6.42 Å². The van der Waals surface area contributed by atoms with Gasteiger partial charge in [-0.1, -0.05) is 30.3 Å². The molecule has 18 heavy (non-hydrogen) atoms. The van der Waals surface area contributed by atoms with Gasteiger partial charge in [-0.25, -0.2) is 4.98 Å². The predicted octanol–water partition coefficient (Wildman–Crippen LogP) is 3.51. The first-order valence-corrected chi connectivity index (χ1v) is 6.58. The Morgan fingerprint density at radius 1 is 1.22 bits per heavy atom. The van der Waals surface area contributed by atoms with E-state index in [0.29, 0.717) is 6.04 Å².